The number of nitrogens with one attached hydrogen (secondary N) is 1. The van der Waals surface area contributed by atoms with Crippen molar-refractivity contribution in [1.82, 2.24) is 10.2 Å². The molecule has 1 saturated carbocycles. The van der Waals surface area contributed by atoms with E-state index in [0.717, 1.165) is 5.56 Å². The molecule has 2 saturated heterocycles. The zero-order valence-corrected chi connectivity index (χ0v) is 15.1. The average Bonchev–Trinajstić information content (AvgIpc) is 2.94. The number of hydrogen-bond acceptors (Lipinski definition) is 7. The quantitative estimate of drug-likeness (QED) is 0.643. The predicted octanol–water partition coefficient (Wildman–Crippen LogP) is 0.165. The molecule has 1 aromatic rings. The van der Waals surface area contributed by atoms with E-state index in [1.807, 2.05) is 35.2 Å². The van der Waals surface area contributed by atoms with Gasteiger partial charge in [0.05, 0.1) is 12.7 Å². The second-order valence-corrected chi connectivity index (χ2v) is 7.43. The van der Waals surface area contributed by atoms with Crippen molar-refractivity contribution in [3.8, 4) is 0 Å². The van der Waals surface area contributed by atoms with Gasteiger partial charge in [0, 0.05) is 19.0 Å². The van der Waals surface area contributed by atoms with Crippen LogP contribution in [-0.4, -0.2) is 69.7 Å². The highest BCUT2D eigenvalue weighted by Gasteiger charge is 2.68. The summed E-state index contributed by atoms with van der Waals surface area (Å²) in [6.45, 7) is 2.31. The van der Waals surface area contributed by atoms with Crippen LogP contribution in [0.5, 0.6) is 0 Å². The fourth-order valence-electron chi connectivity index (χ4n) is 4.80. The van der Waals surface area contributed by atoms with E-state index in [1.165, 1.54) is 0 Å². The number of fused-ring (bicyclic) bond motifs is 1. The van der Waals surface area contributed by atoms with Crippen molar-refractivity contribution >= 4 is 12.1 Å². The minimum atomic E-state index is -1.33. The highest BCUT2D eigenvalue weighted by Crippen LogP contribution is 2.47. The van der Waals surface area contributed by atoms with E-state index < -0.39 is 48.0 Å². The van der Waals surface area contributed by atoms with E-state index in [9.17, 15) is 19.8 Å². The Kier molecular flexibility index (Phi) is 4.57. The Hall–Kier alpha value is -2.16. The third kappa shape index (κ3) is 2.88. The molecule has 27 heavy (non-hydrogen) atoms. The molecule has 3 fully saturated rings. The van der Waals surface area contributed by atoms with Gasteiger partial charge in [0.15, 0.2) is 5.60 Å². The molecular formula is C19H24N2O6. The number of aliphatic hydroxyl groups excluding tert-OH is 2. The fourth-order valence-corrected chi connectivity index (χ4v) is 4.80. The number of likely N-dealkylation sites (tertiary alicyclic amines) is 1. The number of nitrogens with zero attached hydrogens (tertiary/aromatic N) is 1. The molecule has 8 heteroatoms. The van der Waals surface area contributed by atoms with Gasteiger partial charge >= 0.3 is 12.1 Å². The minimum absolute atomic E-state index is 0.0865. The summed E-state index contributed by atoms with van der Waals surface area (Å²) >= 11 is 0. The van der Waals surface area contributed by atoms with E-state index >= 15 is 0 Å². The lowest BCUT2D eigenvalue weighted by Gasteiger charge is -2.56. The van der Waals surface area contributed by atoms with E-state index in [2.05, 4.69) is 5.32 Å². The SMILES string of the molecule is CCOC(=O)[C@H]1[C@@H]2NC(=O)O[C@@]23C[C@H](O)C[C@H]([C@@H]3O)N1Cc1ccccc1. The van der Waals surface area contributed by atoms with E-state index in [1.54, 1.807) is 6.92 Å². The fraction of sp³-hybridized carbons (Fsp3) is 0.579. The number of esters is 1. The minimum Gasteiger partial charge on any atom is -0.465 e. The van der Waals surface area contributed by atoms with Gasteiger partial charge in [-0.05, 0) is 18.9 Å². The lowest BCUT2D eigenvalue weighted by molar-refractivity contribution is -0.209. The van der Waals surface area contributed by atoms with Gasteiger partial charge in [0.25, 0.3) is 0 Å². The first-order chi connectivity index (χ1) is 13.0. The van der Waals surface area contributed by atoms with Gasteiger partial charge in [-0.3, -0.25) is 9.69 Å². The molecule has 1 amide bonds. The molecule has 2 bridgehead atoms. The van der Waals surface area contributed by atoms with Crippen LogP contribution in [0.4, 0.5) is 4.79 Å². The van der Waals surface area contributed by atoms with Gasteiger partial charge < -0.3 is 25.0 Å². The first kappa shape index (κ1) is 18.2. The Morgan fingerprint density at radius 1 is 1.37 bits per heavy atom. The Labute approximate surface area is 157 Å². The van der Waals surface area contributed by atoms with Crippen molar-refractivity contribution in [3.05, 3.63) is 35.9 Å². The van der Waals surface area contributed by atoms with Crippen molar-refractivity contribution in [2.75, 3.05) is 6.61 Å². The second-order valence-electron chi connectivity index (χ2n) is 7.43. The molecule has 1 aromatic carbocycles. The third-order valence-electron chi connectivity index (χ3n) is 5.85. The predicted molar refractivity (Wildman–Crippen MR) is 93.6 cm³/mol. The molecule has 2 aliphatic heterocycles. The van der Waals surface area contributed by atoms with Crippen LogP contribution in [0.25, 0.3) is 0 Å². The Morgan fingerprint density at radius 2 is 2.11 bits per heavy atom. The van der Waals surface area contributed by atoms with Crippen LogP contribution in [0.2, 0.25) is 0 Å². The van der Waals surface area contributed by atoms with Gasteiger partial charge in [-0.2, -0.15) is 0 Å². The van der Waals surface area contributed by atoms with Crippen LogP contribution in [0, 0.1) is 0 Å². The number of amides is 1. The summed E-state index contributed by atoms with van der Waals surface area (Å²) in [5, 5.41) is 24.1. The average molecular weight is 376 g/mol. The number of hydrogen-bond donors (Lipinski definition) is 3. The van der Waals surface area contributed by atoms with E-state index in [0.29, 0.717) is 6.54 Å². The zero-order valence-electron chi connectivity index (χ0n) is 15.1. The number of carbonyl (C=O) groups is 2. The number of aliphatic hydroxyl groups is 2. The number of benzene rings is 1. The lowest BCUT2D eigenvalue weighted by Crippen LogP contribution is -2.77. The molecule has 3 aliphatic rings. The first-order valence-corrected chi connectivity index (χ1v) is 9.28. The van der Waals surface area contributed by atoms with Crippen LogP contribution >= 0.6 is 0 Å². The van der Waals surface area contributed by atoms with Gasteiger partial charge in [-0.25, -0.2) is 4.79 Å². The van der Waals surface area contributed by atoms with Crippen molar-refractivity contribution < 1.29 is 29.3 Å². The lowest BCUT2D eigenvalue weighted by atomic mass is 9.67. The Bertz CT molecular complexity index is 728. The molecule has 1 aliphatic carbocycles. The Balaban J connectivity index is 1.77. The summed E-state index contributed by atoms with van der Waals surface area (Å²) in [5.74, 6) is -0.470. The summed E-state index contributed by atoms with van der Waals surface area (Å²) in [5.41, 5.74) is -0.374. The zero-order chi connectivity index (χ0) is 19.2. The van der Waals surface area contributed by atoms with Crippen LogP contribution in [0.1, 0.15) is 25.3 Å². The van der Waals surface area contributed by atoms with Gasteiger partial charge in [-0.15, -0.1) is 0 Å². The number of ether oxygens (including phenoxy) is 2. The first-order valence-electron chi connectivity index (χ1n) is 9.28. The molecule has 8 nitrogen and oxygen atoms in total. The topological polar surface area (TPSA) is 108 Å². The van der Waals surface area contributed by atoms with Crippen molar-refractivity contribution in [1.29, 1.82) is 0 Å². The highest BCUT2D eigenvalue weighted by atomic mass is 16.6. The maximum atomic E-state index is 12.8. The van der Waals surface area contributed by atoms with Gasteiger partial charge in [0.1, 0.15) is 18.2 Å². The van der Waals surface area contributed by atoms with Crippen molar-refractivity contribution in [2.24, 2.45) is 0 Å². The molecule has 0 unspecified atom stereocenters. The smallest absolute Gasteiger partial charge is 0.408 e. The standard InChI is InChI=1S/C19H24N2O6/c1-2-26-17(24)14-15-19(27-18(25)20-15)9-12(22)8-13(16(19)23)21(14)10-11-6-4-3-5-7-11/h3-7,12-16,22-23H,2,8-10H2,1H3,(H,20,25)/t12-,13-,14-,15+,16+,19+/m1/s1. The number of rotatable bonds is 4. The number of alkyl carbamates (subject to hydrolysis) is 1. The molecule has 6 atom stereocenters. The van der Waals surface area contributed by atoms with Crippen LogP contribution in [-0.2, 0) is 20.8 Å². The molecular weight excluding hydrogens is 352 g/mol. The summed E-state index contributed by atoms with van der Waals surface area (Å²) in [6.07, 6.45) is -2.07. The summed E-state index contributed by atoms with van der Waals surface area (Å²) in [7, 11) is 0. The second kappa shape index (κ2) is 6.78. The van der Waals surface area contributed by atoms with Crippen molar-refractivity contribution in [3.63, 3.8) is 0 Å². The summed E-state index contributed by atoms with van der Waals surface area (Å²) in [4.78, 5) is 26.7. The van der Waals surface area contributed by atoms with Gasteiger partial charge in [0.2, 0.25) is 0 Å². The van der Waals surface area contributed by atoms with E-state index in [4.69, 9.17) is 9.47 Å². The van der Waals surface area contributed by atoms with Crippen LogP contribution in [0.3, 0.4) is 0 Å². The largest absolute Gasteiger partial charge is 0.465 e. The molecule has 146 valence electrons. The monoisotopic (exact) mass is 376 g/mol. The van der Waals surface area contributed by atoms with Gasteiger partial charge in [-0.1, -0.05) is 30.3 Å². The third-order valence-corrected chi connectivity index (χ3v) is 5.85. The van der Waals surface area contributed by atoms with Crippen molar-refractivity contribution in [2.45, 2.75) is 62.2 Å². The molecule has 0 aromatic heterocycles. The normalized spacial score (nSPS) is 37.9. The number of carbonyl (C=O) groups excluding carboxylic acids is 2. The summed E-state index contributed by atoms with van der Waals surface area (Å²) < 4.78 is 10.8. The molecule has 1 spiro atoms. The molecule has 3 N–H and O–H groups in total. The molecule has 4 rings (SSSR count). The summed E-state index contributed by atoms with van der Waals surface area (Å²) in [6, 6.07) is 7.42. The highest BCUT2D eigenvalue weighted by molar-refractivity contribution is 5.81. The van der Waals surface area contributed by atoms with Crippen LogP contribution in [0.15, 0.2) is 30.3 Å². The molecule has 2 heterocycles. The van der Waals surface area contributed by atoms with Crippen LogP contribution < -0.4 is 5.32 Å². The number of piperidine rings is 1. The van der Waals surface area contributed by atoms with E-state index in [-0.39, 0.29) is 19.4 Å². The Morgan fingerprint density at radius 3 is 2.81 bits per heavy atom. The maximum absolute atomic E-state index is 12.8. The maximum Gasteiger partial charge on any atom is 0.408 e. The molecule has 0 radical (unpaired) electrons.